The maximum atomic E-state index is 11.9. The summed E-state index contributed by atoms with van der Waals surface area (Å²) in [6.07, 6.45) is 0.940. The number of ketones is 1. The predicted molar refractivity (Wildman–Crippen MR) is 68.2 cm³/mol. The number of benzene rings is 1. The molecular formula is C13H18N2O2. The topological polar surface area (TPSA) is 41.6 Å². The number of nitrogens with one attached hydrogen (secondary N) is 1. The van der Waals surface area contributed by atoms with Crippen LogP contribution in [-0.2, 0) is 6.42 Å². The van der Waals surface area contributed by atoms with E-state index in [1.165, 1.54) is 5.69 Å². The molecular weight excluding hydrogens is 216 g/mol. The summed E-state index contributed by atoms with van der Waals surface area (Å²) in [5.41, 5.74) is 3.00. The van der Waals surface area contributed by atoms with Crippen LogP contribution in [-0.4, -0.2) is 40.1 Å². The van der Waals surface area contributed by atoms with Crippen LogP contribution >= 0.6 is 0 Å². The minimum absolute atomic E-state index is 0.0710. The Morgan fingerprint density at radius 2 is 2.29 bits per heavy atom. The first-order valence-electron chi connectivity index (χ1n) is 5.77. The SMILES string of the molecule is CNCC(=O)c1ccc2c(c1OC)CCN2C. The van der Waals surface area contributed by atoms with Crippen LogP contribution in [0.1, 0.15) is 15.9 Å². The van der Waals surface area contributed by atoms with E-state index < -0.39 is 0 Å². The first-order chi connectivity index (χ1) is 8.19. The largest absolute Gasteiger partial charge is 0.496 e. The number of ether oxygens (including phenoxy) is 1. The van der Waals surface area contributed by atoms with Crippen LogP contribution in [0.25, 0.3) is 0 Å². The van der Waals surface area contributed by atoms with Crippen LogP contribution in [0, 0.1) is 0 Å². The fraction of sp³-hybridized carbons (Fsp3) is 0.462. The van der Waals surface area contributed by atoms with E-state index in [9.17, 15) is 4.79 Å². The first kappa shape index (κ1) is 11.9. The second-order valence-electron chi connectivity index (χ2n) is 4.27. The van der Waals surface area contributed by atoms with Crippen LogP contribution < -0.4 is 15.0 Å². The highest BCUT2D eigenvalue weighted by Crippen LogP contribution is 2.36. The maximum absolute atomic E-state index is 11.9. The van der Waals surface area contributed by atoms with E-state index in [1.54, 1.807) is 14.2 Å². The molecule has 1 aromatic rings. The molecule has 0 aliphatic carbocycles. The van der Waals surface area contributed by atoms with Crippen molar-refractivity contribution in [2.45, 2.75) is 6.42 Å². The number of rotatable bonds is 4. The fourth-order valence-corrected chi connectivity index (χ4v) is 2.33. The minimum Gasteiger partial charge on any atom is -0.496 e. The van der Waals surface area contributed by atoms with Crippen molar-refractivity contribution < 1.29 is 9.53 Å². The maximum Gasteiger partial charge on any atom is 0.180 e. The van der Waals surface area contributed by atoms with Gasteiger partial charge in [0.25, 0.3) is 0 Å². The molecule has 0 amide bonds. The molecule has 0 radical (unpaired) electrons. The summed E-state index contributed by atoms with van der Waals surface area (Å²) in [6.45, 7) is 1.32. The van der Waals surface area contributed by atoms with Gasteiger partial charge < -0.3 is 15.0 Å². The van der Waals surface area contributed by atoms with Crippen LogP contribution in [0.3, 0.4) is 0 Å². The van der Waals surface area contributed by atoms with Crippen LogP contribution in [0.15, 0.2) is 12.1 Å². The average molecular weight is 234 g/mol. The number of likely N-dealkylation sites (N-methyl/N-ethyl adjacent to an activating group) is 2. The van der Waals surface area contributed by atoms with E-state index in [0.717, 1.165) is 24.3 Å². The summed E-state index contributed by atoms with van der Waals surface area (Å²) in [7, 11) is 5.45. The van der Waals surface area contributed by atoms with Gasteiger partial charge in [-0.05, 0) is 25.6 Å². The molecule has 4 heteroatoms. The third-order valence-electron chi connectivity index (χ3n) is 3.19. The molecule has 0 atom stereocenters. The molecule has 0 unspecified atom stereocenters. The normalized spacial score (nSPS) is 13.7. The van der Waals surface area contributed by atoms with Gasteiger partial charge in [-0.25, -0.2) is 0 Å². The summed E-state index contributed by atoms with van der Waals surface area (Å²) in [6, 6.07) is 3.87. The Labute approximate surface area is 102 Å². The zero-order valence-corrected chi connectivity index (χ0v) is 10.5. The van der Waals surface area contributed by atoms with Crippen molar-refractivity contribution in [1.82, 2.24) is 5.32 Å². The standard InChI is InChI=1S/C13H18N2O2/c1-14-8-12(16)10-4-5-11-9(13(10)17-3)6-7-15(11)2/h4-5,14H,6-8H2,1-3H3. The molecule has 0 spiro atoms. The van der Waals surface area contributed by atoms with Gasteiger partial charge in [0.1, 0.15) is 5.75 Å². The Balaban J connectivity index is 2.45. The van der Waals surface area contributed by atoms with Crippen molar-refractivity contribution in [3.63, 3.8) is 0 Å². The van der Waals surface area contributed by atoms with Crippen LogP contribution in [0.4, 0.5) is 5.69 Å². The number of Topliss-reactive ketones (excluding diaryl/α,β-unsaturated/α-hetero) is 1. The van der Waals surface area contributed by atoms with Crippen molar-refractivity contribution in [2.75, 3.05) is 39.2 Å². The number of hydrogen-bond donors (Lipinski definition) is 1. The van der Waals surface area contributed by atoms with Gasteiger partial charge in [0, 0.05) is 24.8 Å². The lowest BCUT2D eigenvalue weighted by molar-refractivity contribution is 0.0990. The summed E-state index contributed by atoms with van der Waals surface area (Å²) >= 11 is 0. The first-order valence-corrected chi connectivity index (χ1v) is 5.77. The molecule has 92 valence electrons. The number of carbonyl (C=O) groups excluding carboxylic acids is 1. The van der Waals surface area contributed by atoms with E-state index in [0.29, 0.717) is 12.1 Å². The summed E-state index contributed by atoms with van der Waals surface area (Å²) < 4.78 is 5.43. The lowest BCUT2D eigenvalue weighted by atomic mass is 10.0. The van der Waals surface area contributed by atoms with Gasteiger partial charge in [-0.15, -0.1) is 0 Å². The van der Waals surface area contributed by atoms with E-state index in [-0.39, 0.29) is 5.78 Å². The number of nitrogens with zero attached hydrogens (tertiary/aromatic N) is 1. The second kappa shape index (κ2) is 4.75. The zero-order chi connectivity index (χ0) is 12.4. The third kappa shape index (κ3) is 2.00. The Hall–Kier alpha value is -1.55. The number of fused-ring (bicyclic) bond motifs is 1. The van der Waals surface area contributed by atoms with Gasteiger partial charge in [0.2, 0.25) is 0 Å². The van der Waals surface area contributed by atoms with Crippen molar-refractivity contribution in [1.29, 1.82) is 0 Å². The summed E-state index contributed by atoms with van der Waals surface area (Å²) in [5, 5.41) is 2.88. The Morgan fingerprint density at radius 3 is 2.94 bits per heavy atom. The van der Waals surface area contributed by atoms with Crippen LogP contribution in [0.5, 0.6) is 5.75 Å². The highest BCUT2D eigenvalue weighted by atomic mass is 16.5. The van der Waals surface area contributed by atoms with E-state index in [2.05, 4.69) is 17.3 Å². The third-order valence-corrected chi connectivity index (χ3v) is 3.19. The lowest BCUT2D eigenvalue weighted by Crippen LogP contribution is -2.19. The second-order valence-corrected chi connectivity index (χ2v) is 4.27. The van der Waals surface area contributed by atoms with Gasteiger partial charge in [0.15, 0.2) is 5.78 Å². The molecule has 0 saturated heterocycles. The van der Waals surface area contributed by atoms with Gasteiger partial charge in [-0.3, -0.25) is 4.79 Å². The lowest BCUT2D eigenvalue weighted by Gasteiger charge is -2.15. The molecule has 2 rings (SSSR count). The molecule has 1 N–H and O–H groups in total. The van der Waals surface area contributed by atoms with E-state index in [4.69, 9.17) is 4.74 Å². The molecule has 1 aromatic carbocycles. The highest BCUT2D eigenvalue weighted by molar-refractivity contribution is 6.01. The summed E-state index contributed by atoms with van der Waals surface area (Å²) in [4.78, 5) is 14.1. The summed E-state index contributed by atoms with van der Waals surface area (Å²) in [5.74, 6) is 0.814. The number of methoxy groups -OCH3 is 1. The van der Waals surface area contributed by atoms with Crippen molar-refractivity contribution in [3.8, 4) is 5.75 Å². The smallest absolute Gasteiger partial charge is 0.180 e. The zero-order valence-electron chi connectivity index (χ0n) is 10.5. The van der Waals surface area contributed by atoms with Gasteiger partial charge >= 0.3 is 0 Å². The molecule has 17 heavy (non-hydrogen) atoms. The van der Waals surface area contributed by atoms with Gasteiger partial charge in [0.05, 0.1) is 19.2 Å². The molecule has 0 saturated carbocycles. The number of anilines is 1. The van der Waals surface area contributed by atoms with Gasteiger partial charge in [-0.1, -0.05) is 0 Å². The minimum atomic E-state index is 0.0710. The fourth-order valence-electron chi connectivity index (χ4n) is 2.33. The quantitative estimate of drug-likeness (QED) is 0.792. The number of carbonyl (C=O) groups is 1. The van der Waals surface area contributed by atoms with Crippen LogP contribution in [0.2, 0.25) is 0 Å². The predicted octanol–water partition coefficient (Wildman–Crippen LogP) is 1.09. The average Bonchev–Trinajstić information content (AvgIpc) is 2.70. The highest BCUT2D eigenvalue weighted by Gasteiger charge is 2.24. The molecule has 4 nitrogen and oxygen atoms in total. The number of hydrogen-bond acceptors (Lipinski definition) is 4. The van der Waals surface area contributed by atoms with Crippen molar-refractivity contribution in [3.05, 3.63) is 23.3 Å². The Bertz CT molecular complexity index is 443. The molecule has 0 aromatic heterocycles. The molecule has 0 fully saturated rings. The van der Waals surface area contributed by atoms with E-state index in [1.807, 2.05) is 12.1 Å². The Kier molecular flexibility index (Phi) is 3.33. The van der Waals surface area contributed by atoms with Crippen molar-refractivity contribution >= 4 is 11.5 Å². The Morgan fingerprint density at radius 1 is 1.53 bits per heavy atom. The molecule has 1 aliphatic heterocycles. The van der Waals surface area contributed by atoms with Gasteiger partial charge in [-0.2, -0.15) is 0 Å². The van der Waals surface area contributed by atoms with E-state index >= 15 is 0 Å². The molecule has 1 heterocycles. The molecule has 0 bridgehead atoms. The van der Waals surface area contributed by atoms with Crippen molar-refractivity contribution in [2.24, 2.45) is 0 Å². The monoisotopic (exact) mass is 234 g/mol. The molecule has 1 aliphatic rings.